The molecule has 0 bridgehead atoms. The van der Waals surface area contributed by atoms with E-state index in [1.165, 1.54) is 0 Å². The number of hydrogen-bond acceptors (Lipinski definition) is 6. The summed E-state index contributed by atoms with van der Waals surface area (Å²) in [5.41, 5.74) is 4.49. The molecule has 0 spiro atoms. The number of nitriles is 2. The van der Waals surface area contributed by atoms with E-state index < -0.39 is 12.1 Å². The molecule has 2 aliphatic heterocycles. The van der Waals surface area contributed by atoms with Gasteiger partial charge in [0.05, 0.1) is 17.7 Å². The van der Waals surface area contributed by atoms with E-state index in [4.69, 9.17) is 14.7 Å². The van der Waals surface area contributed by atoms with Gasteiger partial charge in [-0.05, 0) is 47.9 Å². The minimum Gasteiger partial charge on any atom is -0.488 e. The maximum Gasteiger partial charge on any atom is 0.251 e. The molecule has 7 nitrogen and oxygen atoms in total. The Hall–Kier alpha value is -3.39. The zero-order valence-electron chi connectivity index (χ0n) is 16.5. The fraction of sp³-hybridized carbons (Fsp3) is 0.348. The second-order valence-electron chi connectivity index (χ2n) is 7.41. The predicted molar refractivity (Wildman–Crippen MR) is 109 cm³/mol. The fourth-order valence-corrected chi connectivity index (χ4v) is 3.75. The second kappa shape index (κ2) is 8.96. The van der Waals surface area contributed by atoms with E-state index in [0.29, 0.717) is 31.7 Å². The van der Waals surface area contributed by atoms with Gasteiger partial charge in [0.1, 0.15) is 24.5 Å². The van der Waals surface area contributed by atoms with Crippen molar-refractivity contribution in [3.05, 3.63) is 53.1 Å². The molecule has 2 atom stereocenters. The van der Waals surface area contributed by atoms with Crippen molar-refractivity contribution in [2.45, 2.75) is 31.6 Å². The van der Waals surface area contributed by atoms with Crippen LogP contribution in [0.25, 0.3) is 11.1 Å². The topological polar surface area (TPSA) is 107 Å². The van der Waals surface area contributed by atoms with Crippen molar-refractivity contribution in [3.63, 3.8) is 0 Å². The van der Waals surface area contributed by atoms with Gasteiger partial charge in [0.15, 0.2) is 0 Å². The van der Waals surface area contributed by atoms with E-state index in [9.17, 15) is 10.1 Å². The van der Waals surface area contributed by atoms with Crippen LogP contribution in [0, 0.1) is 22.7 Å². The van der Waals surface area contributed by atoms with Gasteiger partial charge < -0.3 is 20.1 Å². The first kappa shape index (κ1) is 19.9. The molecule has 0 saturated carbocycles. The summed E-state index contributed by atoms with van der Waals surface area (Å²) in [6.45, 7) is 2.19. The Labute approximate surface area is 175 Å². The lowest BCUT2D eigenvalue weighted by molar-refractivity contribution is -0.132. The monoisotopic (exact) mass is 402 g/mol. The summed E-state index contributed by atoms with van der Waals surface area (Å²) in [6, 6.07) is 15.1. The van der Waals surface area contributed by atoms with Crippen LogP contribution in [0.3, 0.4) is 0 Å². The highest BCUT2D eigenvalue weighted by Gasteiger charge is 2.24. The van der Waals surface area contributed by atoms with Crippen molar-refractivity contribution in [3.8, 4) is 29.0 Å². The first-order chi connectivity index (χ1) is 14.7. The molecule has 1 saturated heterocycles. The van der Waals surface area contributed by atoms with Gasteiger partial charge in [0, 0.05) is 25.1 Å². The molecule has 2 aromatic carbocycles. The lowest BCUT2D eigenvalue weighted by Gasteiger charge is -2.22. The summed E-state index contributed by atoms with van der Waals surface area (Å²) in [4.78, 5) is 12.5. The molecule has 1 amide bonds. The van der Waals surface area contributed by atoms with E-state index in [1.807, 2.05) is 30.3 Å². The predicted octanol–water partition coefficient (Wildman–Crippen LogP) is 2.05. The third-order valence-electron chi connectivity index (χ3n) is 5.30. The Bertz CT molecular complexity index is 1030. The lowest BCUT2D eigenvalue weighted by atomic mass is 9.93. The average Bonchev–Trinajstić information content (AvgIpc) is 3.07. The zero-order chi connectivity index (χ0) is 20.9. The highest BCUT2D eigenvalue weighted by atomic mass is 16.5. The van der Waals surface area contributed by atoms with Gasteiger partial charge in [-0.1, -0.05) is 18.2 Å². The molecule has 0 aliphatic carbocycles. The van der Waals surface area contributed by atoms with Crippen LogP contribution in [0.15, 0.2) is 36.4 Å². The van der Waals surface area contributed by atoms with Crippen molar-refractivity contribution in [1.29, 1.82) is 10.5 Å². The normalized spacial score (nSPS) is 18.4. The highest BCUT2D eigenvalue weighted by molar-refractivity contribution is 5.81. The molecule has 2 heterocycles. The smallest absolute Gasteiger partial charge is 0.251 e. The van der Waals surface area contributed by atoms with E-state index in [0.717, 1.165) is 41.0 Å². The maximum atomic E-state index is 12.5. The van der Waals surface area contributed by atoms with E-state index in [-0.39, 0.29) is 5.91 Å². The van der Waals surface area contributed by atoms with Gasteiger partial charge in [-0.2, -0.15) is 10.5 Å². The van der Waals surface area contributed by atoms with Crippen LogP contribution in [-0.4, -0.2) is 37.7 Å². The first-order valence-corrected chi connectivity index (χ1v) is 9.99. The third-order valence-corrected chi connectivity index (χ3v) is 5.30. The molecule has 2 aromatic rings. The summed E-state index contributed by atoms with van der Waals surface area (Å²) in [5, 5.41) is 24.6. The van der Waals surface area contributed by atoms with Gasteiger partial charge in [0.2, 0.25) is 0 Å². The molecule has 2 N–H and O–H groups in total. The lowest BCUT2D eigenvalue weighted by Crippen LogP contribution is -2.46. The minimum atomic E-state index is -0.656. The average molecular weight is 402 g/mol. The second-order valence-corrected chi connectivity index (χ2v) is 7.41. The maximum absolute atomic E-state index is 12.5. The Morgan fingerprint density at radius 3 is 2.93 bits per heavy atom. The van der Waals surface area contributed by atoms with Crippen molar-refractivity contribution in [1.82, 2.24) is 10.6 Å². The van der Waals surface area contributed by atoms with Crippen molar-refractivity contribution in [2.24, 2.45) is 0 Å². The number of benzene rings is 2. The highest BCUT2D eigenvalue weighted by Crippen LogP contribution is 2.38. The van der Waals surface area contributed by atoms with E-state index >= 15 is 0 Å². The minimum absolute atomic E-state index is 0.271. The van der Waals surface area contributed by atoms with Crippen LogP contribution < -0.4 is 15.4 Å². The standard InChI is InChI=1S/C23H22N4O3/c24-11-16-3-4-19-17(8-16)14-30-21-10-15(2-5-20(19)21)9-18(12-25)27-23(28)22-13-26-6-1-7-29-22/h2-5,8,10,18,22,26H,1,6-7,9,13-14H2,(H,27,28)/t18?,22-/m0/s1. The molecule has 1 fully saturated rings. The Morgan fingerprint density at radius 2 is 2.10 bits per heavy atom. The molecule has 0 aromatic heterocycles. The van der Waals surface area contributed by atoms with Crippen LogP contribution >= 0.6 is 0 Å². The van der Waals surface area contributed by atoms with Gasteiger partial charge in [-0.25, -0.2) is 0 Å². The molecule has 1 unspecified atom stereocenters. The van der Waals surface area contributed by atoms with Crippen molar-refractivity contribution in [2.75, 3.05) is 19.7 Å². The quantitative estimate of drug-likeness (QED) is 0.811. The van der Waals surface area contributed by atoms with Crippen LogP contribution in [0.5, 0.6) is 5.75 Å². The molecule has 152 valence electrons. The van der Waals surface area contributed by atoms with Crippen LogP contribution in [0.1, 0.15) is 23.1 Å². The molecule has 30 heavy (non-hydrogen) atoms. The summed E-state index contributed by atoms with van der Waals surface area (Å²) in [7, 11) is 0. The van der Waals surface area contributed by atoms with Crippen LogP contribution in [0.2, 0.25) is 0 Å². The summed E-state index contributed by atoms with van der Waals surface area (Å²) < 4.78 is 11.4. The number of nitrogens with one attached hydrogen (secondary N) is 2. The zero-order valence-corrected chi connectivity index (χ0v) is 16.5. The molecule has 2 aliphatic rings. The fourth-order valence-electron chi connectivity index (χ4n) is 3.75. The first-order valence-electron chi connectivity index (χ1n) is 9.99. The Balaban J connectivity index is 1.46. The number of nitrogens with zero attached hydrogens (tertiary/aromatic N) is 2. The number of amides is 1. The molecule has 7 heteroatoms. The molecular weight excluding hydrogens is 380 g/mol. The van der Waals surface area contributed by atoms with Crippen molar-refractivity contribution < 1.29 is 14.3 Å². The SMILES string of the molecule is N#Cc1ccc2c(c1)COc1cc(CC(C#N)NC(=O)[C@@H]3CNCCCO3)ccc1-2. The number of carbonyl (C=O) groups excluding carboxylic acids is 1. The van der Waals surface area contributed by atoms with E-state index in [2.05, 4.69) is 22.8 Å². The Morgan fingerprint density at radius 1 is 1.23 bits per heavy atom. The largest absolute Gasteiger partial charge is 0.488 e. The van der Waals surface area contributed by atoms with Gasteiger partial charge in [-0.3, -0.25) is 4.79 Å². The number of fused-ring (bicyclic) bond motifs is 3. The molecular formula is C23H22N4O3. The number of hydrogen-bond donors (Lipinski definition) is 2. The number of carbonyl (C=O) groups is 1. The van der Waals surface area contributed by atoms with Crippen molar-refractivity contribution >= 4 is 5.91 Å². The Kier molecular flexibility index (Phi) is 5.94. The van der Waals surface area contributed by atoms with Gasteiger partial charge in [-0.15, -0.1) is 0 Å². The summed E-state index contributed by atoms with van der Waals surface area (Å²) in [5.74, 6) is 0.469. The van der Waals surface area contributed by atoms with Crippen LogP contribution in [0.4, 0.5) is 0 Å². The van der Waals surface area contributed by atoms with E-state index in [1.54, 1.807) is 6.07 Å². The number of ether oxygens (including phenoxy) is 2. The van der Waals surface area contributed by atoms with Crippen LogP contribution in [-0.2, 0) is 22.6 Å². The number of rotatable bonds is 4. The van der Waals surface area contributed by atoms with Gasteiger partial charge >= 0.3 is 0 Å². The summed E-state index contributed by atoms with van der Waals surface area (Å²) >= 11 is 0. The summed E-state index contributed by atoms with van der Waals surface area (Å²) in [6.07, 6.45) is 0.658. The van der Waals surface area contributed by atoms with Gasteiger partial charge in [0.25, 0.3) is 5.91 Å². The molecule has 0 radical (unpaired) electrons. The molecule has 4 rings (SSSR count). The third kappa shape index (κ3) is 4.28.